The summed E-state index contributed by atoms with van der Waals surface area (Å²) in [4.78, 5) is 19.4. The minimum absolute atomic E-state index is 0.0323. The standard InChI is InChI=1S/C20H21N3O2S2/c24-15-12-21-10-14(15)11-22-18(25)9-17-19(16-7-4-8-26-16)23-20(27-17)13-5-2-1-3-6-13/h1-8,14-15,21,24H,9-12H2,(H,22,25). The zero-order chi connectivity index (χ0) is 18.6. The fourth-order valence-corrected chi connectivity index (χ4v) is 5.05. The maximum atomic E-state index is 12.5. The second kappa shape index (κ2) is 8.31. The molecular weight excluding hydrogens is 378 g/mol. The number of aliphatic hydroxyl groups excluding tert-OH is 1. The molecule has 3 N–H and O–H groups in total. The van der Waals surface area contributed by atoms with Gasteiger partial charge in [0.15, 0.2) is 0 Å². The number of thiazole rings is 1. The number of amides is 1. The molecule has 1 aliphatic rings. The first-order valence-corrected chi connectivity index (χ1v) is 10.6. The summed E-state index contributed by atoms with van der Waals surface area (Å²) in [6.45, 7) is 1.82. The van der Waals surface area contributed by atoms with Crippen LogP contribution in [0.15, 0.2) is 47.8 Å². The Morgan fingerprint density at radius 2 is 2.07 bits per heavy atom. The van der Waals surface area contributed by atoms with Crippen molar-refractivity contribution in [2.45, 2.75) is 12.5 Å². The monoisotopic (exact) mass is 399 g/mol. The molecule has 0 aliphatic carbocycles. The number of hydrogen-bond acceptors (Lipinski definition) is 6. The van der Waals surface area contributed by atoms with Crippen LogP contribution < -0.4 is 10.6 Å². The zero-order valence-electron chi connectivity index (χ0n) is 14.7. The van der Waals surface area contributed by atoms with E-state index in [0.717, 1.165) is 32.6 Å². The third kappa shape index (κ3) is 4.27. The number of rotatable bonds is 6. The number of nitrogens with one attached hydrogen (secondary N) is 2. The normalized spacial score (nSPS) is 19.3. The highest BCUT2D eigenvalue weighted by atomic mass is 32.1. The van der Waals surface area contributed by atoms with E-state index in [1.165, 1.54) is 0 Å². The van der Waals surface area contributed by atoms with Crippen LogP contribution in [0.4, 0.5) is 0 Å². The van der Waals surface area contributed by atoms with Crippen LogP contribution in [0.1, 0.15) is 4.88 Å². The van der Waals surface area contributed by atoms with E-state index in [0.29, 0.717) is 19.5 Å². The average Bonchev–Trinajstić information content (AvgIpc) is 3.42. The molecule has 140 valence electrons. The summed E-state index contributed by atoms with van der Waals surface area (Å²) >= 11 is 3.20. The molecule has 1 amide bonds. The Balaban J connectivity index is 1.52. The minimum atomic E-state index is -0.389. The maximum absolute atomic E-state index is 12.5. The zero-order valence-corrected chi connectivity index (χ0v) is 16.4. The van der Waals surface area contributed by atoms with E-state index in [1.54, 1.807) is 22.7 Å². The lowest BCUT2D eigenvalue weighted by atomic mass is 10.1. The highest BCUT2D eigenvalue weighted by molar-refractivity contribution is 7.17. The number of carbonyl (C=O) groups is 1. The number of hydrogen-bond donors (Lipinski definition) is 3. The van der Waals surface area contributed by atoms with Gasteiger partial charge in [-0.25, -0.2) is 4.98 Å². The van der Waals surface area contributed by atoms with Crippen LogP contribution >= 0.6 is 22.7 Å². The topological polar surface area (TPSA) is 74.2 Å². The van der Waals surface area contributed by atoms with Crippen molar-refractivity contribution < 1.29 is 9.90 Å². The summed E-state index contributed by atoms with van der Waals surface area (Å²) in [6.07, 6.45) is -0.0892. The molecule has 1 aliphatic heterocycles. The Bertz CT molecular complexity index is 893. The molecule has 2 unspecified atom stereocenters. The number of β-amino-alcohol motifs (C(OH)–C–C–N with tert-alkyl or cyclic N) is 1. The molecule has 0 bridgehead atoms. The quantitative estimate of drug-likeness (QED) is 0.596. The lowest BCUT2D eigenvalue weighted by Crippen LogP contribution is -2.35. The van der Waals surface area contributed by atoms with Gasteiger partial charge >= 0.3 is 0 Å². The van der Waals surface area contributed by atoms with Crippen LogP contribution in [0.3, 0.4) is 0 Å². The minimum Gasteiger partial charge on any atom is -0.391 e. The molecule has 5 nitrogen and oxygen atoms in total. The van der Waals surface area contributed by atoms with Gasteiger partial charge in [-0.15, -0.1) is 22.7 Å². The Labute approximate surface area is 166 Å². The van der Waals surface area contributed by atoms with E-state index in [1.807, 2.05) is 47.8 Å². The van der Waals surface area contributed by atoms with Crippen molar-refractivity contribution in [3.63, 3.8) is 0 Å². The van der Waals surface area contributed by atoms with E-state index in [2.05, 4.69) is 10.6 Å². The lowest BCUT2D eigenvalue weighted by molar-refractivity contribution is -0.120. The third-order valence-electron chi connectivity index (χ3n) is 4.66. The number of aromatic nitrogens is 1. The predicted molar refractivity (Wildman–Crippen MR) is 110 cm³/mol. The Morgan fingerprint density at radius 3 is 2.78 bits per heavy atom. The summed E-state index contributed by atoms with van der Waals surface area (Å²) < 4.78 is 0. The van der Waals surface area contributed by atoms with E-state index in [9.17, 15) is 9.90 Å². The highest BCUT2D eigenvalue weighted by Crippen LogP contribution is 2.36. The van der Waals surface area contributed by atoms with Gasteiger partial charge < -0.3 is 15.7 Å². The summed E-state index contributed by atoms with van der Waals surface area (Å²) in [6, 6.07) is 14.1. The fourth-order valence-electron chi connectivity index (χ4n) is 3.16. The van der Waals surface area contributed by atoms with Crippen molar-refractivity contribution in [1.82, 2.24) is 15.6 Å². The smallest absolute Gasteiger partial charge is 0.225 e. The molecule has 27 heavy (non-hydrogen) atoms. The second-order valence-corrected chi connectivity index (χ2v) is 8.63. The van der Waals surface area contributed by atoms with Crippen LogP contribution in [-0.2, 0) is 11.2 Å². The van der Waals surface area contributed by atoms with Crippen molar-refractivity contribution in [2.24, 2.45) is 5.92 Å². The molecule has 2 atom stereocenters. The fraction of sp³-hybridized carbons (Fsp3) is 0.300. The van der Waals surface area contributed by atoms with Gasteiger partial charge in [-0.3, -0.25) is 4.79 Å². The number of carbonyl (C=O) groups excluding carboxylic acids is 1. The van der Waals surface area contributed by atoms with Crippen LogP contribution in [0.25, 0.3) is 21.1 Å². The first-order chi connectivity index (χ1) is 13.2. The van der Waals surface area contributed by atoms with E-state index < -0.39 is 0 Å². The number of benzene rings is 1. The van der Waals surface area contributed by atoms with E-state index in [-0.39, 0.29) is 17.9 Å². The summed E-state index contributed by atoms with van der Waals surface area (Å²) in [7, 11) is 0. The van der Waals surface area contributed by atoms with Gasteiger partial charge in [-0.05, 0) is 11.4 Å². The molecule has 4 rings (SSSR count). The molecular formula is C20H21N3O2S2. The van der Waals surface area contributed by atoms with E-state index in [4.69, 9.17) is 4.98 Å². The Morgan fingerprint density at radius 1 is 1.22 bits per heavy atom. The van der Waals surface area contributed by atoms with Gasteiger partial charge in [-0.2, -0.15) is 0 Å². The average molecular weight is 400 g/mol. The molecule has 1 fully saturated rings. The molecule has 0 saturated carbocycles. The summed E-state index contributed by atoms with van der Waals surface area (Å²) in [5.41, 5.74) is 1.96. The number of nitrogens with zero attached hydrogens (tertiary/aromatic N) is 1. The number of thiophene rings is 1. The lowest BCUT2D eigenvalue weighted by Gasteiger charge is -2.13. The molecule has 0 spiro atoms. The maximum Gasteiger partial charge on any atom is 0.225 e. The van der Waals surface area contributed by atoms with Gasteiger partial charge in [0.2, 0.25) is 5.91 Å². The second-order valence-electron chi connectivity index (χ2n) is 6.60. The van der Waals surface area contributed by atoms with Crippen LogP contribution in [-0.4, -0.2) is 41.7 Å². The SMILES string of the molecule is O=C(Cc1sc(-c2ccccc2)nc1-c1cccs1)NCC1CNCC1O. The first kappa shape index (κ1) is 18.3. The van der Waals surface area contributed by atoms with Gasteiger partial charge in [0, 0.05) is 36.0 Å². The molecule has 0 radical (unpaired) electrons. The highest BCUT2D eigenvalue weighted by Gasteiger charge is 2.25. The molecule has 7 heteroatoms. The first-order valence-electron chi connectivity index (χ1n) is 8.95. The van der Waals surface area contributed by atoms with Crippen LogP contribution in [0, 0.1) is 5.92 Å². The molecule has 3 aromatic rings. The Hall–Kier alpha value is -2.06. The van der Waals surface area contributed by atoms with Gasteiger partial charge in [0.05, 0.1) is 23.1 Å². The molecule has 1 saturated heterocycles. The van der Waals surface area contributed by atoms with Gasteiger partial charge in [0.1, 0.15) is 5.01 Å². The third-order valence-corrected chi connectivity index (χ3v) is 6.64. The van der Waals surface area contributed by atoms with Crippen molar-refractivity contribution in [2.75, 3.05) is 19.6 Å². The summed E-state index contributed by atoms with van der Waals surface area (Å²) in [5, 5.41) is 18.9. The van der Waals surface area contributed by atoms with Gasteiger partial charge in [-0.1, -0.05) is 36.4 Å². The van der Waals surface area contributed by atoms with Crippen molar-refractivity contribution >= 4 is 28.6 Å². The molecule has 1 aromatic carbocycles. The predicted octanol–water partition coefficient (Wildman–Crippen LogP) is 2.78. The largest absolute Gasteiger partial charge is 0.391 e. The van der Waals surface area contributed by atoms with Gasteiger partial charge in [0.25, 0.3) is 0 Å². The molecule has 2 aromatic heterocycles. The number of aliphatic hydroxyl groups is 1. The van der Waals surface area contributed by atoms with Crippen molar-refractivity contribution in [3.8, 4) is 21.1 Å². The van der Waals surface area contributed by atoms with E-state index >= 15 is 0 Å². The molecule has 3 heterocycles. The van der Waals surface area contributed by atoms with Crippen LogP contribution in [0.2, 0.25) is 0 Å². The van der Waals surface area contributed by atoms with Crippen LogP contribution in [0.5, 0.6) is 0 Å². The van der Waals surface area contributed by atoms with Crippen molar-refractivity contribution in [3.05, 3.63) is 52.7 Å². The summed E-state index contributed by atoms with van der Waals surface area (Å²) in [5.74, 6) is 0.0437. The van der Waals surface area contributed by atoms with Crippen molar-refractivity contribution in [1.29, 1.82) is 0 Å². The Kier molecular flexibility index (Phi) is 5.63.